The van der Waals surface area contributed by atoms with Crippen LogP contribution in [0.3, 0.4) is 0 Å². The number of aryl methyl sites for hydroxylation is 1. The van der Waals surface area contributed by atoms with Gasteiger partial charge in [0.05, 0.1) is 18.0 Å². The molecule has 1 amide bonds. The van der Waals surface area contributed by atoms with Gasteiger partial charge in [-0.2, -0.15) is 0 Å². The third-order valence-electron chi connectivity index (χ3n) is 4.32. The van der Waals surface area contributed by atoms with E-state index in [2.05, 4.69) is 5.32 Å². The number of hydrogen-bond acceptors (Lipinski definition) is 4. The van der Waals surface area contributed by atoms with E-state index < -0.39 is 15.9 Å². The van der Waals surface area contributed by atoms with Gasteiger partial charge in [0.2, 0.25) is 15.9 Å². The van der Waals surface area contributed by atoms with Crippen LogP contribution in [-0.4, -0.2) is 27.1 Å². The molecule has 0 aliphatic carbocycles. The molecule has 0 spiro atoms. The summed E-state index contributed by atoms with van der Waals surface area (Å²) >= 11 is 0. The van der Waals surface area contributed by atoms with Crippen LogP contribution in [0.15, 0.2) is 59.0 Å². The topological polar surface area (TPSA) is 79.6 Å². The number of anilines is 1. The molecule has 6 nitrogen and oxygen atoms in total. The van der Waals surface area contributed by atoms with E-state index in [0.29, 0.717) is 11.4 Å². The number of benzene rings is 2. The maximum atomic E-state index is 12.5. The van der Waals surface area contributed by atoms with Crippen molar-refractivity contribution in [1.82, 2.24) is 5.32 Å². The number of hydrogen-bond donors (Lipinski definition) is 1. The summed E-state index contributed by atoms with van der Waals surface area (Å²) in [5, 5.41) is 3.76. The maximum absolute atomic E-state index is 12.5. The van der Waals surface area contributed by atoms with E-state index >= 15 is 0 Å². The Morgan fingerprint density at radius 1 is 1.15 bits per heavy atom. The molecule has 27 heavy (non-hydrogen) atoms. The Morgan fingerprint density at radius 3 is 2.48 bits per heavy atom. The lowest BCUT2D eigenvalue weighted by Gasteiger charge is -2.24. The highest BCUT2D eigenvalue weighted by atomic mass is 32.2. The summed E-state index contributed by atoms with van der Waals surface area (Å²) in [6, 6.07) is 16.1. The van der Waals surface area contributed by atoms with Crippen LogP contribution in [0.5, 0.6) is 0 Å². The van der Waals surface area contributed by atoms with Crippen LogP contribution in [0.4, 0.5) is 5.69 Å². The highest BCUT2D eigenvalue weighted by Gasteiger charge is 2.23. The molecule has 0 fully saturated rings. The van der Waals surface area contributed by atoms with Crippen LogP contribution in [0.25, 0.3) is 11.0 Å². The van der Waals surface area contributed by atoms with Gasteiger partial charge in [-0.3, -0.25) is 9.10 Å². The van der Waals surface area contributed by atoms with E-state index in [1.165, 1.54) is 0 Å². The van der Waals surface area contributed by atoms with E-state index in [1.807, 2.05) is 49.4 Å². The average Bonchev–Trinajstić information content (AvgIpc) is 3.04. The number of nitrogens with zero attached hydrogens (tertiary/aromatic N) is 1. The number of sulfonamides is 1. The van der Waals surface area contributed by atoms with Crippen LogP contribution in [0, 0.1) is 6.92 Å². The van der Waals surface area contributed by atoms with E-state index in [-0.39, 0.29) is 12.6 Å². The second-order valence-corrected chi connectivity index (χ2v) is 8.44. The smallest absolute Gasteiger partial charge is 0.241 e. The van der Waals surface area contributed by atoms with E-state index in [4.69, 9.17) is 4.42 Å². The first kappa shape index (κ1) is 19.0. The molecule has 3 rings (SSSR count). The molecular weight excluding hydrogens is 364 g/mol. The van der Waals surface area contributed by atoms with Gasteiger partial charge in [0, 0.05) is 5.39 Å². The van der Waals surface area contributed by atoms with Gasteiger partial charge in [-0.1, -0.05) is 36.4 Å². The Labute approximate surface area is 158 Å². The second-order valence-electron chi connectivity index (χ2n) is 6.53. The summed E-state index contributed by atoms with van der Waals surface area (Å²) in [5.41, 5.74) is 2.01. The monoisotopic (exact) mass is 386 g/mol. The Hall–Kier alpha value is -2.80. The van der Waals surface area contributed by atoms with Crippen molar-refractivity contribution in [1.29, 1.82) is 0 Å². The third-order valence-corrected chi connectivity index (χ3v) is 5.45. The minimum Gasteiger partial charge on any atom is -0.459 e. The largest absolute Gasteiger partial charge is 0.459 e. The first-order valence-electron chi connectivity index (χ1n) is 8.57. The molecular formula is C20H22N2O4S. The molecule has 0 saturated heterocycles. The van der Waals surface area contributed by atoms with E-state index in [1.54, 1.807) is 19.1 Å². The molecule has 0 bridgehead atoms. The molecule has 0 aliphatic heterocycles. The fourth-order valence-electron chi connectivity index (χ4n) is 2.93. The molecule has 3 aromatic rings. The highest BCUT2D eigenvalue weighted by Crippen LogP contribution is 2.24. The first-order valence-corrected chi connectivity index (χ1v) is 10.4. The van der Waals surface area contributed by atoms with Crippen molar-refractivity contribution in [3.63, 3.8) is 0 Å². The van der Waals surface area contributed by atoms with Gasteiger partial charge in [0.25, 0.3) is 0 Å². The minimum absolute atomic E-state index is 0.297. The molecule has 0 radical (unpaired) electrons. The number of para-hydroxylation sites is 2. The summed E-state index contributed by atoms with van der Waals surface area (Å²) in [6.07, 6.45) is 1.09. The predicted octanol–water partition coefficient (Wildman–Crippen LogP) is 3.38. The van der Waals surface area contributed by atoms with Crippen molar-refractivity contribution in [3.05, 3.63) is 65.9 Å². The third kappa shape index (κ3) is 4.31. The molecule has 1 N–H and O–H groups in total. The maximum Gasteiger partial charge on any atom is 0.241 e. The Kier molecular flexibility index (Phi) is 5.23. The lowest BCUT2D eigenvalue weighted by atomic mass is 10.2. The lowest BCUT2D eigenvalue weighted by Crippen LogP contribution is -2.41. The van der Waals surface area contributed by atoms with Crippen LogP contribution < -0.4 is 9.62 Å². The van der Waals surface area contributed by atoms with E-state index in [9.17, 15) is 13.2 Å². The van der Waals surface area contributed by atoms with Gasteiger partial charge in [0.15, 0.2) is 0 Å². The molecule has 1 atom stereocenters. The molecule has 0 saturated carbocycles. The Balaban J connectivity index is 1.77. The summed E-state index contributed by atoms with van der Waals surface area (Å²) in [5.74, 6) is 0.211. The van der Waals surface area contributed by atoms with Gasteiger partial charge in [-0.05, 0) is 37.6 Å². The zero-order chi connectivity index (χ0) is 19.6. The molecule has 0 unspecified atom stereocenters. The number of carbonyl (C=O) groups excluding carboxylic acids is 1. The van der Waals surface area contributed by atoms with Crippen LogP contribution in [-0.2, 0) is 14.8 Å². The molecule has 1 heterocycles. The fourth-order valence-corrected chi connectivity index (χ4v) is 3.84. The van der Waals surface area contributed by atoms with Crippen LogP contribution >= 0.6 is 0 Å². The lowest BCUT2D eigenvalue weighted by molar-refractivity contribution is -0.120. The Bertz CT molecular complexity index is 1040. The van der Waals surface area contributed by atoms with Crippen molar-refractivity contribution in [2.75, 3.05) is 17.1 Å². The molecule has 2 aromatic carbocycles. The van der Waals surface area contributed by atoms with Gasteiger partial charge < -0.3 is 9.73 Å². The normalized spacial score (nSPS) is 12.7. The highest BCUT2D eigenvalue weighted by molar-refractivity contribution is 7.92. The summed E-state index contributed by atoms with van der Waals surface area (Å²) in [7, 11) is -3.61. The number of rotatable bonds is 6. The molecule has 7 heteroatoms. The van der Waals surface area contributed by atoms with Crippen molar-refractivity contribution in [2.24, 2.45) is 0 Å². The average molecular weight is 386 g/mol. The first-order chi connectivity index (χ1) is 12.8. The van der Waals surface area contributed by atoms with Crippen LogP contribution in [0.1, 0.15) is 24.3 Å². The van der Waals surface area contributed by atoms with Gasteiger partial charge in [-0.25, -0.2) is 8.42 Å². The van der Waals surface area contributed by atoms with E-state index in [0.717, 1.165) is 27.1 Å². The summed E-state index contributed by atoms with van der Waals surface area (Å²) in [6.45, 7) is 3.31. The quantitative estimate of drug-likeness (QED) is 0.704. The number of nitrogens with one attached hydrogen (secondary N) is 1. The minimum atomic E-state index is -3.61. The molecule has 1 aromatic heterocycles. The zero-order valence-electron chi connectivity index (χ0n) is 15.5. The van der Waals surface area contributed by atoms with Crippen molar-refractivity contribution >= 4 is 32.6 Å². The summed E-state index contributed by atoms with van der Waals surface area (Å²) in [4.78, 5) is 12.5. The number of furan rings is 1. The number of amides is 1. The Morgan fingerprint density at radius 2 is 1.81 bits per heavy atom. The number of fused-ring (bicyclic) bond motifs is 1. The zero-order valence-corrected chi connectivity index (χ0v) is 16.3. The second kappa shape index (κ2) is 7.44. The predicted molar refractivity (Wildman–Crippen MR) is 106 cm³/mol. The fraction of sp³-hybridized carbons (Fsp3) is 0.250. The van der Waals surface area contributed by atoms with Gasteiger partial charge >= 0.3 is 0 Å². The summed E-state index contributed by atoms with van der Waals surface area (Å²) < 4.78 is 31.3. The van der Waals surface area contributed by atoms with Crippen LogP contribution in [0.2, 0.25) is 0 Å². The van der Waals surface area contributed by atoms with Gasteiger partial charge in [-0.15, -0.1) is 0 Å². The van der Waals surface area contributed by atoms with Gasteiger partial charge in [0.1, 0.15) is 17.9 Å². The molecule has 0 aliphatic rings. The number of carbonyl (C=O) groups is 1. The van der Waals surface area contributed by atoms with Crippen molar-refractivity contribution in [2.45, 2.75) is 19.9 Å². The standard InChI is InChI=1S/C20H22N2O4S/c1-14-8-4-6-10-17(14)22(27(3,24)25)13-20(23)21-15(2)19-12-16-9-5-7-11-18(16)26-19/h4-12,15H,13H2,1-3H3,(H,21,23)/t15-/m0/s1. The SMILES string of the molecule is Cc1ccccc1N(CC(=O)N[C@@H](C)c1cc2ccccc2o1)S(C)(=O)=O. The molecule has 142 valence electrons. The van der Waals surface area contributed by atoms with Crippen molar-refractivity contribution < 1.29 is 17.6 Å². The van der Waals surface area contributed by atoms with Crippen molar-refractivity contribution in [3.8, 4) is 0 Å².